The first-order valence-electron chi connectivity index (χ1n) is 13.2. The van der Waals surface area contributed by atoms with E-state index >= 15 is 0 Å². The topological polar surface area (TPSA) is 87.5 Å². The minimum Gasteiger partial charge on any atom is -0.501 e. The predicted molar refractivity (Wildman–Crippen MR) is 147 cm³/mol. The zero-order chi connectivity index (χ0) is 27.2. The first kappa shape index (κ1) is 26.3. The lowest BCUT2D eigenvalue weighted by Crippen LogP contribution is -2.43. The van der Waals surface area contributed by atoms with Gasteiger partial charge in [-0.05, 0) is 48.1 Å². The van der Waals surface area contributed by atoms with Gasteiger partial charge in [0.15, 0.2) is 5.69 Å². The molecule has 8 heteroatoms. The van der Waals surface area contributed by atoms with Crippen LogP contribution in [0.25, 0.3) is 0 Å². The van der Waals surface area contributed by atoms with Gasteiger partial charge in [-0.15, -0.1) is 0 Å². The number of aromatic hydroxyl groups is 1. The van der Waals surface area contributed by atoms with E-state index in [1.807, 2.05) is 48.5 Å². The minimum absolute atomic E-state index is 0.102. The van der Waals surface area contributed by atoms with Crippen LogP contribution >= 0.6 is 0 Å². The molecule has 0 spiro atoms. The Morgan fingerprint density at radius 3 is 2.28 bits per heavy atom. The summed E-state index contributed by atoms with van der Waals surface area (Å²) >= 11 is 0. The number of carbonyl (C=O) groups excluding carboxylic acids is 1. The summed E-state index contributed by atoms with van der Waals surface area (Å²) in [6.07, 6.45) is 2.69. The molecule has 0 saturated carbocycles. The van der Waals surface area contributed by atoms with Crippen LogP contribution in [0.3, 0.4) is 0 Å². The molecule has 1 aliphatic rings. The van der Waals surface area contributed by atoms with Gasteiger partial charge in [-0.25, -0.2) is 9.37 Å². The highest BCUT2D eigenvalue weighted by atomic mass is 19.1. The molecular formula is C31H31FN4O3. The van der Waals surface area contributed by atoms with Crippen LogP contribution in [0.4, 0.5) is 4.39 Å². The van der Waals surface area contributed by atoms with E-state index in [0.29, 0.717) is 24.4 Å². The largest absolute Gasteiger partial charge is 0.501 e. The number of carbonyl (C=O) groups is 1. The molecule has 1 fully saturated rings. The van der Waals surface area contributed by atoms with Crippen molar-refractivity contribution >= 4 is 5.91 Å². The molecule has 5 rings (SSSR count). The van der Waals surface area contributed by atoms with Gasteiger partial charge in [-0.1, -0.05) is 72.8 Å². The number of aromatic nitrogens is 2. The summed E-state index contributed by atoms with van der Waals surface area (Å²) < 4.78 is 14.8. The number of halogens is 1. The van der Waals surface area contributed by atoms with Crippen LogP contribution in [0.1, 0.15) is 58.4 Å². The summed E-state index contributed by atoms with van der Waals surface area (Å²) in [7, 11) is 0. The molecule has 0 radical (unpaired) electrons. The molecule has 1 saturated heterocycles. The van der Waals surface area contributed by atoms with E-state index in [1.165, 1.54) is 12.1 Å². The monoisotopic (exact) mass is 526 g/mol. The molecule has 39 heavy (non-hydrogen) atoms. The second kappa shape index (κ2) is 12.0. The first-order chi connectivity index (χ1) is 19.0. The number of hydrogen-bond donors (Lipinski definition) is 2. The number of nitrogens with one attached hydrogen (secondary N) is 1. The van der Waals surface area contributed by atoms with Crippen molar-refractivity contribution in [1.82, 2.24) is 19.8 Å². The Hall–Kier alpha value is -4.30. The fourth-order valence-electron chi connectivity index (χ4n) is 5.07. The van der Waals surface area contributed by atoms with Gasteiger partial charge in [0.1, 0.15) is 11.6 Å². The molecule has 4 aromatic rings. The second-order valence-corrected chi connectivity index (χ2v) is 9.80. The van der Waals surface area contributed by atoms with E-state index < -0.39 is 17.2 Å². The zero-order valence-electron chi connectivity index (χ0n) is 21.6. The summed E-state index contributed by atoms with van der Waals surface area (Å²) in [4.78, 5) is 33.7. The zero-order valence-corrected chi connectivity index (χ0v) is 21.6. The number of amides is 1. The van der Waals surface area contributed by atoms with Gasteiger partial charge in [0.25, 0.3) is 11.5 Å². The quantitative estimate of drug-likeness (QED) is 0.345. The number of rotatable bonds is 8. The van der Waals surface area contributed by atoms with Crippen molar-refractivity contribution in [3.05, 3.63) is 129 Å². The molecular weight excluding hydrogens is 495 g/mol. The van der Waals surface area contributed by atoms with Crippen LogP contribution in [0.15, 0.2) is 89.7 Å². The molecule has 1 aliphatic heterocycles. The number of benzene rings is 3. The van der Waals surface area contributed by atoms with Crippen molar-refractivity contribution < 1.29 is 14.3 Å². The first-order valence-corrected chi connectivity index (χ1v) is 13.2. The molecule has 200 valence electrons. The molecule has 2 heterocycles. The predicted octanol–water partition coefficient (Wildman–Crippen LogP) is 4.79. The molecule has 2 N–H and O–H groups in total. The number of hydrogen-bond acceptors (Lipinski definition) is 5. The van der Waals surface area contributed by atoms with Crippen molar-refractivity contribution in [3.8, 4) is 5.75 Å². The molecule has 3 aromatic carbocycles. The maximum absolute atomic E-state index is 13.7. The second-order valence-electron chi connectivity index (χ2n) is 9.80. The van der Waals surface area contributed by atoms with E-state index in [2.05, 4.69) is 27.3 Å². The normalized spacial score (nSPS) is 15.7. The van der Waals surface area contributed by atoms with Crippen LogP contribution in [0.5, 0.6) is 5.75 Å². The van der Waals surface area contributed by atoms with Gasteiger partial charge < -0.3 is 10.4 Å². The third-order valence-corrected chi connectivity index (χ3v) is 7.06. The minimum atomic E-state index is -0.673. The smallest absolute Gasteiger partial charge is 0.297 e. The lowest BCUT2D eigenvalue weighted by atomic mass is 10.0. The Balaban J connectivity index is 1.50. The van der Waals surface area contributed by atoms with E-state index in [-0.39, 0.29) is 24.2 Å². The van der Waals surface area contributed by atoms with Crippen LogP contribution in [0.2, 0.25) is 0 Å². The van der Waals surface area contributed by atoms with Crippen molar-refractivity contribution in [1.29, 1.82) is 0 Å². The molecule has 1 atom stereocenters. The Morgan fingerprint density at radius 2 is 1.59 bits per heavy atom. The van der Waals surface area contributed by atoms with Crippen LogP contribution in [-0.4, -0.2) is 32.0 Å². The fraction of sp³-hybridized carbons (Fsp3) is 0.258. The highest BCUT2D eigenvalue weighted by Crippen LogP contribution is 2.29. The van der Waals surface area contributed by atoms with E-state index in [1.54, 1.807) is 16.7 Å². The van der Waals surface area contributed by atoms with Gasteiger partial charge in [0.2, 0.25) is 5.75 Å². The highest BCUT2D eigenvalue weighted by molar-refractivity contribution is 5.94. The molecule has 0 aliphatic carbocycles. The molecule has 7 nitrogen and oxygen atoms in total. The van der Waals surface area contributed by atoms with Crippen molar-refractivity contribution in [2.75, 3.05) is 6.54 Å². The average Bonchev–Trinajstić information content (AvgIpc) is 2.96. The summed E-state index contributed by atoms with van der Waals surface area (Å²) in [5.41, 5.74) is 1.81. The summed E-state index contributed by atoms with van der Waals surface area (Å²) in [5.74, 6) is -1.29. The van der Waals surface area contributed by atoms with E-state index in [0.717, 1.165) is 36.9 Å². The third-order valence-electron chi connectivity index (χ3n) is 7.06. The SMILES string of the molecule is O=C(NCc1ccc(F)cc1)c1nc(Cc2ccccc2)n(C2CCCCN2Cc2ccccc2)c(=O)c1O. The van der Waals surface area contributed by atoms with Gasteiger partial charge >= 0.3 is 0 Å². The van der Waals surface area contributed by atoms with E-state index in [9.17, 15) is 19.1 Å². The van der Waals surface area contributed by atoms with E-state index in [4.69, 9.17) is 0 Å². The summed E-state index contributed by atoms with van der Waals surface area (Å²) in [6.45, 7) is 1.56. The lowest BCUT2D eigenvalue weighted by Gasteiger charge is -2.37. The van der Waals surface area contributed by atoms with Crippen molar-refractivity contribution in [3.63, 3.8) is 0 Å². The highest BCUT2D eigenvalue weighted by Gasteiger charge is 2.30. The van der Waals surface area contributed by atoms with Gasteiger partial charge in [-0.3, -0.25) is 19.1 Å². The maximum atomic E-state index is 13.7. The number of piperidine rings is 1. The van der Waals surface area contributed by atoms with Crippen molar-refractivity contribution in [2.45, 2.75) is 44.9 Å². The van der Waals surface area contributed by atoms with Crippen molar-refractivity contribution in [2.24, 2.45) is 0 Å². The Bertz CT molecular complexity index is 1470. The Labute approximate surface area is 226 Å². The van der Waals surface area contributed by atoms with Gasteiger partial charge in [0, 0.05) is 26.1 Å². The molecule has 1 amide bonds. The van der Waals surface area contributed by atoms with Crippen LogP contribution in [-0.2, 0) is 19.5 Å². The Morgan fingerprint density at radius 1 is 0.923 bits per heavy atom. The van der Waals surface area contributed by atoms with Gasteiger partial charge in [0.05, 0.1) is 6.17 Å². The molecule has 0 bridgehead atoms. The third kappa shape index (κ3) is 6.23. The summed E-state index contributed by atoms with van der Waals surface area (Å²) in [6, 6.07) is 25.4. The molecule has 1 aromatic heterocycles. The number of likely N-dealkylation sites (tertiary alicyclic amines) is 1. The number of nitrogens with zero attached hydrogens (tertiary/aromatic N) is 3. The standard InChI is InChI=1S/C31H31FN4O3/c32-25-16-14-23(15-17-25)20-33-30(38)28-29(37)31(39)36(26(34-28)19-22-9-3-1-4-10-22)27-13-7-8-18-35(27)21-24-11-5-2-6-12-24/h1-6,9-12,14-17,27,37H,7-8,13,18-21H2,(H,33,38). The molecule has 1 unspecified atom stereocenters. The summed E-state index contributed by atoms with van der Waals surface area (Å²) in [5, 5.41) is 13.6. The fourth-order valence-corrected chi connectivity index (χ4v) is 5.07. The average molecular weight is 527 g/mol. The maximum Gasteiger partial charge on any atom is 0.297 e. The van der Waals surface area contributed by atoms with Crippen LogP contribution < -0.4 is 10.9 Å². The van der Waals surface area contributed by atoms with Gasteiger partial charge in [-0.2, -0.15) is 0 Å². The Kier molecular flexibility index (Phi) is 8.13. The van der Waals surface area contributed by atoms with Crippen LogP contribution in [0, 0.1) is 5.82 Å². The lowest BCUT2D eigenvalue weighted by molar-refractivity contribution is 0.0798.